The lowest BCUT2D eigenvalue weighted by atomic mass is 9.53. The Labute approximate surface area is 155 Å². The first-order chi connectivity index (χ1) is 12.2. The van der Waals surface area contributed by atoms with Crippen molar-refractivity contribution in [2.24, 2.45) is 16.7 Å². The highest BCUT2D eigenvalue weighted by Gasteiger charge is 2.57. The van der Waals surface area contributed by atoms with Crippen LogP contribution in [0.1, 0.15) is 60.3 Å². The molecule has 0 radical (unpaired) electrons. The monoisotopic (exact) mass is 352 g/mol. The van der Waals surface area contributed by atoms with E-state index in [9.17, 15) is 9.59 Å². The first kappa shape index (κ1) is 17.5. The number of carbonyl (C=O) groups is 2. The molecule has 0 aromatic rings. The van der Waals surface area contributed by atoms with Gasteiger partial charge < -0.3 is 4.74 Å². The fourth-order valence-electron chi connectivity index (χ4n) is 5.83. The number of ether oxygens (including phenoxy) is 1. The van der Waals surface area contributed by atoms with Gasteiger partial charge in [-0.05, 0) is 57.8 Å². The van der Waals surface area contributed by atoms with Crippen LogP contribution < -0.4 is 0 Å². The maximum absolute atomic E-state index is 13.2. The van der Waals surface area contributed by atoms with Crippen molar-refractivity contribution in [1.82, 2.24) is 0 Å². The molecule has 0 bridgehead atoms. The van der Waals surface area contributed by atoms with E-state index < -0.39 is 0 Å². The molecule has 138 valence electrons. The molecule has 0 amide bonds. The van der Waals surface area contributed by atoms with Crippen LogP contribution in [0.25, 0.3) is 0 Å². The van der Waals surface area contributed by atoms with Crippen LogP contribution in [0, 0.1) is 16.7 Å². The van der Waals surface area contributed by atoms with Gasteiger partial charge in [-0.2, -0.15) is 0 Å². The SMILES string of the molecule is CCOC1=CC(=O)C2=C(C1=O)[C@@H]1C[C@]3(C)C(C)=CCCC3=C(C)[C@]1(C)C2. The van der Waals surface area contributed by atoms with Crippen LogP contribution in [0.2, 0.25) is 0 Å². The summed E-state index contributed by atoms with van der Waals surface area (Å²) in [6.07, 6.45) is 7.54. The van der Waals surface area contributed by atoms with E-state index >= 15 is 0 Å². The van der Waals surface area contributed by atoms with Gasteiger partial charge in [0.1, 0.15) is 0 Å². The van der Waals surface area contributed by atoms with Crippen molar-refractivity contribution in [2.75, 3.05) is 6.61 Å². The second kappa shape index (κ2) is 5.55. The zero-order chi connectivity index (χ0) is 18.9. The summed E-state index contributed by atoms with van der Waals surface area (Å²) in [6, 6.07) is 0. The largest absolute Gasteiger partial charge is 0.490 e. The fourth-order valence-corrected chi connectivity index (χ4v) is 5.83. The number of Topliss-reactive ketones (excluding diaryl/α,β-unsaturated/α-hetero) is 1. The zero-order valence-corrected chi connectivity index (χ0v) is 16.5. The van der Waals surface area contributed by atoms with Gasteiger partial charge in [0.15, 0.2) is 11.5 Å². The molecule has 4 rings (SSSR count). The molecule has 3 nitrogen and oxygen atoms in total. The molecule has 0 N–H and O–H groups in total. The Morgan fingerprint density at radius 3 is 2.65 bits per heavy atom. The van der Waals surface area contributed by atoms with Gasteiger partial charge in [0, 0.05) is 22.6 Å². The third-order valence-corrected chi connectivity index (χ3v) is 7.62. The molecule has 0 heterocycles. The average molecular weight is 352 g/mol. The van der Waals surface area contributed by atoms with Gasteiger partial charge in [-0.1, -0.05) is 36.6 Å². The molecular weight excluding hydrogens is 324 g/mol. The summed E-state index contributed by atoms with van der Waals surface area (Å²) in [5, 5.41) is 0. The zero-order valence-electron chi connectivity index (χ0n) is 16.5. The number of ketones is 2. The second-order valence-corrected chi connectivity index (χ2v) is 8.74. The second-order valence-electron chi connectivity index (χ2n) is 8.74. The van der Waals surface area contributed by atoms with Gasteiger partial charge in [-0.25, -0.2) is 0 Å². The minimum atomic E-state index is -0.127. The van der Waals surface area contributed by atoms with Crippen LogP contribution in [0.3, 0.4) is 0 Å². The first-order valence-electron chi connectivity index (χ1n) is 9.78. The molecular formula is C23H28O3. The van der Waals surface area contributed by atoms with Crippen LogP contribution in [0.5, 0.6) is 0 Å². The summed E-state index contributed by atoms with van der Waals surface area (Å²) in [7, 11) is 0. The Morgan fingerprint density at radius 2 is 1.96 bits per heavy atom. The molecule has 4 aliphatic carbocycles. The van der Waals surface area contributed by atoms with E-state index in [4.69, 9.17) is 4.74 Å². The Balaban J connectivity index is 1.85. The molecule has 3 atom stereocenters. The molecule has 0 fully saturated rings. The van der Waals surface area contributed by atoms with E-state index in [0.717, 1.165) is 30.4 Å². The summed E-state index contributed by atoms with van der Waals surface area (Å²) < 4.78 is 5.50. The number of carbonyl (C=O) groups excluding carboxylic acids is 2. The van der Waals surface area contributed by atoms with Crippen molar-refractivity contribution in [2.45, 2.75) is 60.3 Å². The van der Waals surface area contributed by atoms with Gasteiger partial charge in [0.25, 0.3) is 0 Å². The minimum Gasteiger partial charge on any atom is -0.490 e. The van der Waals surface area contributed by atoms with Gasteiger partial charge in [-0.15, -0.1) is 0 Å². The van der Waals surface area contributed by atoms with Crippen LogP contribution in [0.15, 0.2) is 45.8 Å². The highest BCUT2D eigenvalue weighted by molar-refractivity contribution is 6.23. The van der Waals surface area contributed by atoms with Gasteiger partial charge in [-0.3, -0.25) is 9.59 Å². The van der Waals surface area contributed by atoms with E-state index in [-0.39, 0.29) is 34.1 Å². The lowest BCUT2D eigenvalue weighted by Gasteiger charge is -2.51. The number of hydrogen-bond donors (Lipinski definition) is 0. The van der Waals surface area contributed by atoms with Gasteiger partial charge in [0.2, 0.25) is 5.78 Å². The van der Waals surface area contributed by atoms with Crippen LogP contribution >= 0.6 is 0 Å². The molecule has 0 saturated carbocycles. The van der Waals surface area contributed by atoms with E-state index in [1.165, 1.54) is 22.8 Å². The summed E-state index contributed by atoms with van der Waals surface area (Å²) in [6.45, 7) is 11.3. The number of allylic oxidation sites excluding steroid dienone is 7. The first-order valence-corrected chi connectivity index (χ1v) is 9.78. The quantitative estimate of drug-likeness (QED) is 0.527. The van der Waals surface area contributed by atoms with Crippen molar-refractivity contribution in [3.05, 3.63) is 45.8 Å². The van der Waals surface area contributed by atoms with Crippen molar-refractivity contribution in [3.8, 4) is 0 Å². The molecule has 0 aliphatic heterocycles. The summed E-state index contributed by atoms with van der Waals surface area (Å²) in [5.74, 6) is 0.228. The standard InChI is InChI=1S/C23H28O3/c1-6-26-19-10-18(24)15-11-23(5)14(3)16-9-7-8-13(2)22(16,4)12-17(23)20(15)21(19)25/h8,10,17H,6-7,9,11-12H2,1-5H3/t17-,22+,23-/m0/s1. The van der Waals surface area contributed by atoms with Crippen LogP contribution in [0.4, 0.5) is 0 Å². The third kappa shape index (κ3) is 2.06. The molecule has 0 spiro atoms. The average Bonchev–Trinajstić information content (AvgIpc) is 2.89. The minimum absolute atomic E-state index is 0.00518. The summed E-state index contributed by atoms with van der Waals surface area (Å²) in [5.41, 5.74) is 5.69. The van der Waals surface area contributed by atoms with Crippen molar-refractivity contribution in [3.63, 3.8) is 0 Å². The Morgan fingerprint density at radius 1 is 1.23 bits per heavy atom. The molecule has 4 aliphatic rings. The fraction of sp³-hybridized carbons (Fsp3) is 0.565. The van der Waals surface area contributed by atoms with E-state index in [0.29, 0.717) is 13.0 Å². The summed E-state index contributed by atoms with van der Waals surface area (Å²) >= 11 is 0. The normalized spacial score (nSPS) is 36.4. The van der Waals surface area contributed by atoms with Crippen LogP contribution in [-0.4, -0.2) is 18.2 Å². The number of rotatable bonds is 2. The number of hydrogen-bond acceptors (Lipinski definition) is 3. The molecule has 0 aromatic carbocycles. The van der Waals surface area contributed by atoms with Crippen molar-refractivity contribution < 1.29 is 14.3 Å². The predicted molar refractivity (Wildman–Crippen MR) is 101 cm³/mol. The molecule has 26 heavy (non-hydrogen) atoms. The summed E-state index contributed by atoms with van der Waals surface area (Å²) in [4.78, 5) is 25.9. The highest BCUT2D eigenvalue weighted by Crippen LogP contribution is 2.64. The number of fused-ring (bicyclic) bond motifs is 3. The topological polar surface area (TPSA) is 43.4 Å². The third-order valence-electron chi connectivity index (χ3n) is 7.62. The van der Waals surface area contributed by atoms with E-state index in [2.05, 4.69) is 33.8 Å². The molecule has 0 unspecified atom stereocenters. The predicted octanol–water partition coefficient (Wildman–Crippen LogP) is 4.85. The van der Waals surface area contributed by atoms with Gasteiger partial charge >= 0.3 is 0 Å². The smallest absolute Gasteiger partial charge is 0.224 e. The van der Waals surface area contributed by atoms with Crippen molar-refractivity contribution >= 4 is 11.6 Å². The molecule has 0 saturated heterocycles. The van der Waals surface area contributed by atoms with Crippen LogP contribution in [-0.2, 0) is 14.3 Å². The van der Waals surface area contributed by atoms with Gasteiger partial charge in [0.05, 0.1) is 6.61 Å². The lowest BCUT2D eigenvalue weighted by Crippen LogP contribution is -2.41. The van der Waals surface area contributed by atoms with Crippen molar-refractivity contribution in [1.29, 1.82) is 0 Å². The maximum atomic E-state index is 13.2. The van der Waals surface area contributed by atoms with E-state index in [1.807, 2.05) is 6.92 Å². The van der Waals surface area contributed by atoms with E-state index in [1.54, 1.807) is 0 Å². The Bertz CT molecular complexity index is 851. The maximum Gasteiger partial charge on any atom is 0.224 e. The highest BCUT2D eigenvalue weighted by atomic mass is 16.5. The molecule has 3 heteroatoms. The Hall–Kier alpha value is -1.90. The lowest BCUT2D eigenvalue weighted by molar-refractivity contribution is -0.118. The molecule has 0 aromatic heterocycles. The Kier molecular flexibility index (Phi) is 3.74.